The highest BCUT2D eigenvalue weighted by molar-refractivity contribution is 8.04. The first-order valence-electron chi connectivity index (χ1n) is 5.44. The zero-order chi connectivity index (χ0) is 12.7. The first-order chi connectivity index (χ1) is 8.17. The number of carbonyl (C=O) groups excluding carboxylic acids is 1. The zero-order valence-corrected chi connectivity index (χ0v) is 10.8. The summed E-state index contributed by atoms with van der Waals surface area (Å²) in [6, 6.07) is 7.92. The van der Waals surface area contributed by atoms with E-state index in [1.54, 1.807) is 6.92 Å². The van der Waals surface area contributed by atoms with Crippen LogP contribution in [-0.4, -0.2) is 17.8 Å². The van der Waals surface area contributed by atoms with Gasteiger partial charge in [0.15, 0.2) is 0 Å². The fraction of sp³-hybridized carbons (Fsp3) is 0.385. The van der Waals surface area contributed by atoms with Crippen molar-refractivity contribution in [3.63, 3.8) is 0 Å². The fourth-order valence-electron chi connectivity index (χ4n) is 1.53. The minimum absolute atomic E-state index is 0.319. The lowest BCUT2D eigenvalue weighted by atomic mass is 10.1. The fourth-order valence-corrected chi connectivity index (χ4v) is 2.09. The second-order valence-corrected chi connectivity index (χ2v) is 4.63. The van der Waals surface area contributed by atoms with Crippen molar-refractivity contribution in [2.75, 3.05) is 6.61 Å². The Morgan fingerprint density at radius 1 is 1.59 bits per heavy atom. The number of nitriles is 1. The van der Waals surface area contributed by atoms with Gasteiger partial charge in [0, 0.05) is 0 Å². The Balaban J connectivity index is 2.73. The number of thioether (sulfide) groups is 1. The van der Waals surface area contributed by atoms with Gasteiger partial charge in [-0.3, -0.25) is 4.79 Å². The van der Waals surface area contributed by atoms with E-state index in [-0.39, 0.29) is 5.97 Å². The molecule has 90 valence electrons. The molecule has 0 bridgehead atoms. The monoisotopic (exact) mass is 249 g/mol. The SMILES string of the molecule is CCOC(=O)[C@@H](Cc1cccc(C)c1)SC#N. The van der Waals surface area contributed by atoms with E-state index in [1.165, 1.54) is 0 Å². The Labute approximate surface area is 106 Å². The van der Waals surface area contributed by atoms with E-state index >= 15 is 0 Å². The van der Waals surface area contributed by atoms with Gasteiger partial charge in [-0.15, -0.1) is 0 Å². The highest BCUT2D eigenvalue weighted by atomic mass is 32.2. The molecule has 1 aromatic rings. The molecular weight excluding hydrogens is 234 g/mol. The van der Waals surface area contributed by atoms with Crippen LogP contribution in [0.4, 0.5) is 0 Å². The Morgan fingerprint density at radius 3 is 2.94 bits per heavy atom. The molecule has 1 atom stereocenters. The van der Waals surface area contributed by atoms with Crippen molar-refractivity contribution in [3.8, 4) is 5.40 Å². The number of esters is 1. The van der Waals surface area contributed by atoms with Gasteiger partial charge in [0.05, 0.1) is 6.61 Å². The predicted octanol–water partition coefficient (Wildman–Crippen LogP) is 2.68. The highest BCUT2D eigenvalue weighted by Gasteiger charge is 2.21. The third kappa shape index (κ3) is 4.49. The standard InChI is InChI=1S/C13H15NO2S/c1-3-16-13(15)12(17-9-14)8-11-6-4-5-10(2)7-11/h4-7,12H,3,8H2,1-2H3/t12-/m1/s1. The van der Waals surface area contributed by atoms with Crippen molar-refractivity contribution in [1.82, 2.24) is 0 Å². The largest absolute Gasteiger partial charge is 0.465 e. The zero-order valence-electron chi connectivity index (χ0n) is 9.97. The molecular formula is C13H15NO2S. The summed E-state index contributed by atoms with van der Waals surface area (Å²) in [6.07, 6.45) is 0.527. The summed E-state index contributed by atoms with van der Waals surface area (Å²) in [4.78, 5) is 11.6. The van der Waals surface area contributed by atoms with Crippen molar-refractivity contribution >= 4 is 17.7 Å². The van der Waals surface area contributed by atoms with Gasteiger partial charge in [-0.05, 0) is 37.6 Å². The first-order valence-corrected chi connectivity index (χ1v) is 6.32. The third-order valence-corrected chi connectivity index (χ3v) is 3.00. The Bertz CT molecular complexity index is 426. The van der Waals surface area contributed by atoms with Gasteiger partial charge in [0.2, 0.25) is 0 Å². The van der Waals surface area contributed by atoms with Gasteiger partial charge in [-0.25, -0.2) is 0 Å². The average Bonchev–Trinajstić information content (AvgIpc) is 2.29. The van der Waals surface area contributed by atoms with Crippen LogP contribution in [0.15, 0.2) is 24.3 Å². The van der Waals surface area contributed by atoms with E-state index < -0.39 is 5.25 Å². The van der Waals surface area contributed by atoms with Crippen molar-refractivity contribution in [2.45, 2.75) is 25.5 Å². The van der Waals surface area contributed by atoms with E-state index in [0.29, 0.717) is 13.0 Å². The number of hydrogen-bond donors (Lipinski definition) is 0. The average molecular weight is 249 g/mol. The minimum Gasteiger partial charge on any atom is -0.465 e. The highest BCUT2D eigenvalue weighted by Crippen LogP contribution is 2.17. The number of hydrogen-bond acceptors (Lipinski definition) is 4. The molecule has 0 saturated heterocycles. The summed E-state index contributed by atoms with van der Waals surface area (Å²) in [6.45, 7) is 4.11. The molecule has 1 rings (SSSR count). The first kappa shape index (κ1) is 13.6. The molecule has 0 N–H and O–H groups in total. The predicted molar refractivity (Wildman–Crippen MR) is 68.5 cm³/mol. The summed E-state index contributed by atoms with van der Waals surface area (Å²) < 4.78 is 4.95. The summed E-state index contributed by atoms with van der Waals surface area (Å²) in [5.41, 5.74) is 2.19. The Kier molecular flexibility index (Phi) is 5.58. The molecule has 1 aromatic carbocycles. The van der Waals surface area contributed by atoms with Crippen LogP contribution in [0.2, 0.25) is 0 Å². The molecule has 0 fully saturated rings. The number of carbonyl (C=O) groups is 1. The van der Waals surface area contributed by atoms with E-state index in [2.05, 4.69) is 0 Å². The van der Waals surface area contributed by atoms with Crippen LogP contribution < -0.4 is 0 Å². The Hall–Kier alpha value is -1.47. The number of rotatable bonds is 5. The normalized spacial score (nSPS) is 11.6. The molecule has 0 unspecified atom stereocenters. The van der Waals surface area contributed by atoms with Gasteiger partial charge < -0.3 is 4.74 Å². The number of nitrogens with zero attached hydrogens (tertiary/aromatic N) is 1. The second-order valence-electron chi connectivity index (χ2n) is 3.64. The molecule has 0 aliphatic carbocycles. The molecule has 0 spiro atoms. The number of ether oxygens (including phenoxy) is 1. The molecule has 0 saturated carbocycles. The van der Waals surface area contributed by atoms with Crippen molar-refractivity contribution in [3.05, 3.63) is 35.4 Å². The summed E-state index contributed by atoms with van der Waals surface area (Å²) in [5.74, 6) is -0.319. The third-order valence-electron chi connectivity index (χ3n) is 2.25. The van der Waals surface area contributed by atoms with Crippen LogP contribution in [0, 0.1) is 17.6 Å². The van der Waals surface area contributed by atoms with Gasteiger partial charge in [0.1, 0.15) is 10.7 Å². The van der Waals surface area contributed by atoms with Gasteiger partial charge in [-0.1, -0.05) is 29.8 Å². The molecule has 0 aromatic heterocycles. The molecule has 17 heavy (non-hydrogen) atoms. The van der Waals surface area contributed by atoms with Crippen LogP contribution in [0.3, 0.4) is 0 Å². The number of aryl methyl sites for hydroxylation is 1. The quantitative estimate of drug-likeness (QED) is 0.594. The molecule has 0 radical (unpaired) electrons. The van der Waals surface area contributed by atoms with Gasteiger partial charge in [0.25, 0.3) is 0 Å². The molecule has 0 aliphatic rings. The molecule has 4 heteroatoms. The van der Waals surface area contributed by atoms with Crippen LogP contribution in [0.1, 0.15) is 18.1 Å². The second kappa shape index (κ2) is 6.97. The van der Waals surface area contributed by atoms with Crippen LogP contribution >= 0.6 is 11.8 Å². The lowest BCUT2D eigenvalue weighted by Gasteiger charge is -2.11. The maximum atomic E-state index is 11.6. The lowest BCUT2D eigenvalue weighted by molar-refractivity contribution is -0.142. The van der Waals surface area contributed by atoms with E-state index in [0.717, 1.165) is 22.9 Å². The maximum Gasteiger partial charge on any atom is 0.320 e. The summed E-state index contributed by atoms with van der Waals surface area (Å²) >= 11 is 0.956. The smallest absolute Gasteiger partial charge is 0.320 e. The van der Waals surface area contributed by atoms with Crippen molar-refractivity contribution in [1.29, 1.82) is 5.26 Å². The van der Waals surface area contributed by atoms with E-state index in [9.17, 15) is 4.79 Å². The maximum absolute atomic E-state index is 11.6. The van der Waals surface area contributed by atoms with Crippen molar-refractivity contribution in [2.24, 2.45) is 0 Å². The van der Waals surface area contributed by atoms with Gasteiger partial charge in [-0.2, -0.15) is 5.26 Å². The topological polar surface area (TPSA) is 50.1 Å². The molecule has 3 nitrogen and oxygen atoms in total. The summed E-state index contributed by atoms with van der Waals surface area (Å²) in [7, 11) is 0. The Morgan fingerprint density at radius 2 is 2.35 bits per heavy atom. The van der Waals surface area contributed by atoms with E-state index in [4.69, 9.17) is 10.00 Å². The number of thiocyanates is 1. The van der Waals surface area contributed by atoms with Crippen LogP contribution in [-0.2, 0) is 16.0 Å². The lowest BCUT2D eigenvalue weighted by Crippen LogP contribution is -2.22. The van der Waals surface area contributed by atoms with Gasteiger partial charge >= 0.3 is 5.97 Å². The minimum atomic E-state index is -0.443. The molecule has 0 aliphatic heterocycles. The van der Waals surface area contributed by atoms with Crippen molar-refractivity contribution < 1.29 is 9.53 Å². The van der Waals surface area contributed by atoms with E-state index in [1.807, 2.05) is 36.6 Å². The van der Waals surface area contributed by atoms with Crippen LogP contribution in [0.25, 0.3) is 0 Å². The van der Waals surface area contributed by atoms with Crippen LogP contribution in [0.5, 0.6) is 0 Å². The number of benzene rings is 1. The molecule has 0 amide bonds. The molecule has 0 heterocycles. The summed E-state index contributed by atoms with van der Waals surface area (Å²) in [5, 5.41) is 10.2.